The summed E-state index contributed by atoms with van der Waals surface area (Å²) < 4.78 is 1.97. The second-order valence-corrected chi connectivity index (χ2v) is 5.16. The zero-order valence-electron chi connectivity index (χ0n) is 11.8. The third-order valence-corrected chi connectivity index (χ3v) is 3.41. The Hall–Kier alpha value is -2.43. The fraction of sp³-hybridized carbons (Fsp3) is 0.267. The smallest absolute Gasteiger partial charge is 0.160 e. The first-order valence-electron chi connectivity index (χ1n) is 6.62. The van der Waals surface area contributed by atoms with E-state index in [0.717, 1.165) is 28.2 Å². The van der Waals surface area contributed by atoms with E-state index in [2.05, 4.69) is 28.8 Å². The maximum absolute atomic E-state index is 5.94. The number of nitrogens with zero attached hydrogens (tertiary/aromatic N) is 4. The number of fused-ring (bicyclic) bond motifs is 1. The summed E-state index contributed by atoms with van der Waals surface area (Å²) >= 11 is 0. The molecular weight excluding hydrogens is 250 g/mol. The molecule has 0 amide bonds. The number of hydrogen-bond donors (Lipinski definition) is 1. The summed E-state index contributed by atoms with van der Waals surface area (Å²) in [5.74, 6) is 1.66. The summed E-state index contributed by atoms with van der Waals surface area (Å²) in [7, 11) is 1.95. The average molecular weight is 267 g/mol. The normalized spacial score (nSPS) is 11.4. The molecule has 3 rings (SSSR count). The number of pyridine rings is 2. The molecule has 0 radical (unpaired) electrons. The topological polar surface area (TPSA) is 69.6 Å². The fourth-order valence-electron chi connectivity index (χ4n) is 2.25. The molecule has 102 valence electrons. The molecule has 0 bridgehead atoms. The number of anilines is 1. The highest BCUT2D eigenvalue weighted by molar-refractivity contribution is 5.80. The summed E-state index contributed by atoms with van der Waals surface area (Å²) in [4.78, 5) is 13.4. The first-order valence-corrected chi connectivity index (χ1v) is 6.62. The second-order valence-electron chi connectivity index (χ2n) is 5.16. The van der Waals surface area contributed by atoms with Crippen LogP contribution >= 0.6 is 0 Å². The Balaban J connectivity index is 2.24. The third kappa shape index (κ3) is 1.91. The van der Waals surface area contributed by atoms with Crippen LogP contribution in [0.2, 0.25) is 0 Å². The van der Waals surface area contributed by atoms with Crippen LogP contribution in [0.3, 0.4) is 0 Å². The molecule has 0 fully saturated rings. The number of nitrogen functional groups attached to an aromatic ring is 1. The summed E-state index contributed by atoms with van der Waals surface area (Å²) in [5, 5.41) is 0. The lowest BCUT2D eigenvalue weighted by molar-refractivity contribution is 0.820. The number of rotatable bonds is 2. The van der Waals surface area contributed by atoms with Gasteiger partial charge in [0.05, 0.1) is 5.56 Å². The molecule has 0 spiro atoms. The molecule has 20 heavy (non-hydrogen) atoms. The lowest BCUT2D eigenvalue weighted by Gasteiger charge is -2.06. The van der Waals surface area contributed by atoms with Crippen LogP contribution in [0.25, 0.3) is 22.6 Å². The monoisotopic (exact) mass is 267 g/mol. The first-order chi connectivity index (χ1) is 9.58. The standard InChI is InChI=1S/C15H17N5/c1-9(2)11-6-7-12-15(18-11)20(3)14(19-12)10-5-4-8-17-13(10)16/h4-9H,1-3H3,(H2,16,17). The minimum atomic E-state index is 0.390. The van der Waals surface area contributed by atoms with Gasteiger partial charge in [-0.2, -0.15) is 0 Å². The largest absolute Gasteiger partial charge is 0.383 e. The molecule has 0 saturated heterocycles. The number of aromatic nitrogens is 4. The highest BCUT2D eigenvalue weighted by atomic mass is 15.1. The van der Waals surface area contributed by atoms with Gasteiger partial charge in [-0.15, -0.1) is 0 Å². The molecule has 0 aliphatic heterocycles. The van der Waals surface area contributed by atoms with Crippen molar-refractivity contribution in [1.29, 1.82) is 0 Å². The minimum absolute atomic E-state index is 0.390. The van der Waals surface area contributed by atoms with Crippen LogP contribution < -0.4 is 5.73 Å². The SMILES string of the molecule is CC(C)c1ccc2nc(-c3cccnc3N)n(C)c2n1. The van der Waals surface area contributed by atoms with Crippen molar-refractivity contribution in [1.82, 2.24) is 19.5 Å². The van der Waals surface area contributed by atoms with Crippen molar-refractivity contribution in [2.45, 2.75) is 19.8 Å². The van der Waals surface area contributed by atoms with Gasteiger partial charge in [-0.25, -0.2) is 15.0 Å². The summed E-state index contributed by atoms with van der Waals surface area (Å²) in [5.41, 5.74) is 9.57. The van der Waals surface area contributed by atoms with Gasteiger partial charge in [0.1, 0.15) is 17.2 Å². The van der Waals surface area contributed by atoms with E-state index in [1.807, 2.05) is 35.9 Å². The van der Waals surface area contributed by atoms with Gasteiger partial charge in [0, 0.05) is 18.9 Å². The van der Waals surface area contributed by atoms with Gasteiger partial charge in [0.15, 0.2) is 5.65 Å². The summed E-state index contributed by atoms with van der Waals surface area (Å²) in [6, 6.07) is 7.81. The van der Waals surface area contributed by atoms with E-state index in [9.17, 15) is 0 Å². The maximum Gasteiger partial charge on any atom is 0.160 e. The Bertz CT molecular complexity index is 773. The van der Waals surface area contributed by atoms with Crippen LogP contribution in [-0.4, -0.2) is 19.5 Å². The number of nitrogens with two attached hydrogens (primary N) is 1. The molecular formula is C15H17N5. The van der Waals surface area contributed by atoms with E-state index < -0.39 is 0 Å². The van der Waals surface area contributed by atoms with E-state index in [-0.39, 0.29) is 0 Å². The third-order valence-electron chi connectivity index (χ3n) is 3.41. The molecule has 3 aromatic rings. The van der Waals surface area contributed by atoms with Crippen molar-refractivity contribution < 1.29 is 0 Å². The highest BCUT2D eigenvalue weighted by Gasteiger charge is 2.14. The second kappa shape index (κ2) is 4.59. The summed E-state index contributed by atoms with van der Waals surface area (Å²) in [6.45, 7) is 4.26. The van der Waals surface area contributed by atoms with Gasteiger partial charge < -0.3 is 10.3 Å². The average Bonchev–Trinajstić information content (AvgIpc) is 2.76. The molecule has 0 aromatic carbocycles. The maximum atomic E-state index is 5.94. The molecule has 3 aromatic heterocycles. The van der Waals surface area contributed by atoms with Crippen molar-refractivity contribution >= 4 is 17.0 Å². The van der Waals surface area contributed by atoms with Crippen LogP contribution in [0.5, 0.6) is 0 Å². The van der Waals surface area contributed by atoms with E-state index in [4.69, 9.17) is 5.73 Å². The predicted molar refractivity (Wildman–Crippen MR) is 80.2 cm³/mol. The zero-order chi connectivity index (χ0) is 14.3. The Morgan fingerprint density at radius 3 is 2.65 bits per heavy atom. The van der Waals surface area contributed by atoms with E-state index >= 15 is 0 Å². The van der Waals surface area contributed by atoms with Gasteiger partial charge in [0.2, 0.25) is 0 Å². The minimum Gasteiger partial charge on any atom is -0.383 e. The molecule has 2 N–H and O–H groups in total. The summed E-state index contributed by atoms with van der Waals surface area (Å²) in [6.07, 6.45) is 1.68. The fourth-order valence-corrected chi connectivity index (χ4v) is 2.25. The lowest BCUT2D eigenvalue weighted by Crippen LogP contribution is -2.00. The Morgan fingerprint density at radius 1 is 1.15 bits per heavy atom. The van der Waals surface area contributed by atoms with Crippen LogP contribution in [0.1, 0.15) is 25.5 Å². The lowest BCUT2D eigenvalue weighted by atomic mass is 10.1. The predicted octanol–water partition coefficient (Wildman–Crippen LogP) is 2.74. The van der Waals surface area contributed by atoms with Crippen molar-refractivity contribution in [3.8, 4) is 11.4 Å². The molecule has 0 saturated carbocycles. The molecule has 0 aliphatic rings. The van der Waals surface area contributed by atoms with Gasteiger partial charge in [0.25, 0.3) is 0 Å². The highest BCUT2D eigenvalue weighted by Crippen LogP contribution is 2.26. The van der Waals surface area contributed by atoms with E-state index in [1.165, 1.54) is 0 Å². The Labute approximate surface area is 117 Å². The molecule has 0 aliphatic carbocycles. The number of imidazole rings is 1. The molecule has 0 atom stereocenters. The zero-order valence-corrected chi connectivity index (χ0v) is 11.8. The molecule has 5 nitrogen and oxygen atoms in total. The van der Waals surface area contributed by atoms with Crippen molar-refractivity contribution in [3.63, 3.8) is 0 Å². The Kier molecular flexibility index (Phi) is 2.89. The van der Waals surface area contributed by atoms with Gasteiger partial charge >= 0.3 is 0 Å². The van der Waals surface area contributed by atoms with Crippen molar-refractivity contribution in [3.05, 3.63) is 36.2 Å². The van der Waals surface area contributed by atoms with Gasteiger partial charge in [-0.3, -0.25) is 0 Å². The van der Waals surface area contributed by atoms with Crippen LogP contribution in [0.4, 0.5) is 5.82 Å². The van der Waals surface area contributed by atoms with Crippen molar-refractivity contribution in [2.24, 2.45) is 7.05 Å². The molecule has 3 heterocycles. The van der Waals surface area contributed by atoms with E-state index in [1.54, 1.807) is 6.20 Å². The quantitative estimate of drug-likeness (QED) is 0.775. The van der Waals surface area contributed by atoms with Gasteiger partial charge in [-0.05, 0) is 30.2 Å². The molecule has 0 unspecified atom stereocenters. The van der Waals surface area contributed by atoms with Crippen molar-refractivity contribution in [2.75, 3.05) is 5.73 Å². The van der Waals surface area contributed by atoms with Crippen LogP contribution in [0.15, 0.2) is 30.5 Å². The van der Waals surface area contributed by atoms with E-state index in [0.29, 0.717) is 11.7 Å². The number of hydrogen-bond acceptors (Lipinski definition) is 4. The first kappa shape index (κ1) is 12.6. The Morgan fingerprint density at radius 2 is 1.95 bits per heavy atom. The van der Waals surface area contributed by atoms with Crippen LogP contribution in [-0.2, 0) is 7.05 Å². The molecule has 5 heteroatoms. The number of aryl methyl sites for hydroxylation is 1. The van der Waals surface area contributed by atoms with Crippen LogP contribution in [0, 0.1) is 0 Å². The van der Waals surface area contributed by atoms with Gasteiger partial charge in [-0.1, -0.05) is 13.8 Å².